The molecule has 0 unspecified atom stereocenters. The number of amides is 2. The quantitative estimate of drug-likeness (QED) is 0.896. The summed E-state index contributed by atoms with van der Waals surface area (Å²) in [6.45, 7) is 3.06. The van der Waals surface area contributed by atoms with Crippen LogP contribution in [0.1, 0.15) is 63.6 Å². The molecule has 2 amide bonds. The number of carbonyl (C=O) groups is 1. The van der Waals surface area contributed by atoms with Gasteiger partial charge in [0.1, 0.15) is 0 Å². The molecule has 2 fully saturated rings. The highest BCUT2D eigenvalue weighted by Gasteiger charge is 2.37. The monoisotopic (exact) mass is 301 g/mol. The van der Waals surface area contributed by atoms with E-state index in [1.165, 1.54) is 25.7 Å². The predicted molar refractivity (Wildman–Crippen MR) is 87.5 cm³/mol. The second-order valence-electron chi connectivity index (χ2n) is 6.64. The smallest absolute Gasteiger partial charge is 0.318 e. The Morgan fingerprint density at radius 1 is 1.36 bits per heavy atom. The summed E-state index contributed by atoms with van der Waals surface area (Å²) in [5.74, 6) is 0.743. The molecule has 120 valence electrons. The summed E-state index contributed by atoms with van der Waals surface area (Å²) in [6.07, 6.45) is 10.0. The number of likely N-dealkylation sites (tertiary alicyclic amines) is 1. The van der Waals surface area contributed by atoms with Crippen LogP contribution in [0.25, 0.3) is 0 Å². The van der Waals surface area contributed by atoms with Gasteiger partial charge < -0.3 is 10.2 Å². The Labute approximate surface area is 133 Å². The number of aromatic nitrogens is 1. The SMILES string of the molecule is CCC[C@H](NC(=O)N1CCC[C@@H]1C1CCC1)c1ccccn1. The van der Waals surface area contributed by atoms with Crippen molar-refractivity contribution in [3.05, 3.63) is 30.1 Å². The lowest BCUT2D eigenvalue weighted by molar-refractivity contribution is 0.136. The molecule has 1 aliphatic carbocycles. The van der Waals surface area contributed by atoms with Gasteiger partial charge in [-0.05, 0) is 50.2 Å². The van der Waals surface area contributed by atoms with Gasteiger partial charge in [0.2, 0.25) is 0 Å². The van der Waals surface area contributed by atoms with Crippen LogP contribution in [0.15, 0.2) is 24.4 Å². The van der Waals surface area contributed by atoms with E-state index in [1.807, 2.05) is 18.2 Å². The van der Waals surface area contributed by atoms with Crippen molar-refractivity contribution in [3.8, 4) is 0 Å². The third-order valence-corrected chi connectivity index (χ3v) is 5.17. The van der Waals surface area contributed by atoms with Crippen LogP contribution in [0.3, 0.4) is 0 Å². The lowest BCUT2D eigenvalue weighted by Gasteiger charge is -2.37. The van der Waals surface area contributed by atoms with Crippen molar-refractivity contribution in [2.75, 3.05) is 6.54 Å². The van der Waals surface area contributed by atoms with Crippen LogP contribution < -0.4 is 5.32 Å². The van der Waals surface area contributed by atoms with Crippen LogP contribution >= 0.6 is 0 Å². The molecule has 1 saturated carbocycles. The number of carbonyl (C=O) groups excluding carboxylic acids is 1. The average Bonchev–Trinajstić information content (AvgIpc) is 2.95. The molecule has 0 radical (unpaired) electrons. The highest BCUT2D eigenvalue weighted by atomic mass is 16.2. The first kappa shape index (κ1) is 15.3. The van der Waals surface area contributed by atoms with E-state index in [-0.39, 0.29) is 12.1 Å². The molecule has 4 nitrogen and oxygen atoms in total. The second kappa shape index (κ2) is 7.12. The van der Waals surface area contributed by atoms with Crippen LogP contribution in [0.5, 0.6) is 0 Å². The lowest BCUT2D eigenvalue weighted by atomic mass is 9.79. The first-order chi connectivity index (χ1) is 10.8. The van der Waals surface area contributed by atoms with Crippen molar-refractivity contribution in [1.82, 2.24) is 15.2 Å². The summed E-state index contributed by atoms with van der Waals surface area (Å²) >= 11 is 0. The van der Waals surface area contributed by atoms with Gasteiger partial charge in [-0.15, -0.1) is 0 Å². The third-order valence-electron chi connectivity index (χ3n) is 5.17. The molecule has 2 atom stereocenters. The Hall–Kier alpha value is -1.58. The van der Waals surface area contributed by atoms with Crippen molar-refractivity contribution >= 4 is 6.03 Å². The van der Waals surface area contributed by atoms with Gasteiger partial charge in [0.25, 0.3) is 0 Å². The number of hydrogen-bond donors (Lipinski definition) is 1. The minimum absolute atomic E-state index is 0.0290. The molecule has 2 heterocycles. The molecule has 0 spiro atoms. The van der Waals surface area contributed by atoms with Crippen LogP contribution in [0, 0.1) is 5.92 Å². The number of nitrogens with zero attached hydrogens (tertiary/aromatic N) is 2. The molecule has 1 N–H and O–H groups in total. The van der Waals surface area contributed by atoms with Crippen LogP contribution in [-0.2, 0) is 0 Å². The lowest BCUT2D eigenvalue weighted by Crippen LogP contribution is -2.48. The highest BCUT2D eigenvalue weighted by molar-refractivity contribution is 5.75. The molecule has 1 aromatic rings. The van der Waals surface area contributed by atoms with Crippen LogP contribution in [0.4, 0.5) is 4.79 Å². The van der Waals surface area contributed by atoms with E-state index >= 15 is 0 Å². The van der Waals surface area contributed by atoms with Gasteiger partial charge in [0.15, 0.2) is 0 Å². The summed E-state index contributed by atoms with van der Waals surface area (Å²) in [4.78, 5) is 19.3. The fraction of sp³-hybridized carbons (Fsp3) is 0.667. The zero-order valence-electron chi connectivity index (χ0n) is 13.5. The van der Waals surface area contributed by atoms with Gasteiger partial charge >= 0.3 is 6.03 Å². The van der Waals surface area contributed by atoms with Crippen molar-refractivity contribution in [2.45, 2.75) is 64.0 Å². The molecule has 2 aliphatic rings. The van der Waals surface area contributed by atoms with E-state index < -0.39 is 0 Å². The predicted octanol–water partition coefficient (Wildman–Crippen LogP) is 3.90. The number of urea groups is 1. The van der Waals surface area contributed by atoms with Crippen LogP contribution in [0.2, 0.25) is 0 Å². The first-order valence-corrected chi connectivity index (χ1v) is 8.77. The Morgan fingerprint density at radius 2 is 2.23 bits per heavy atom. The van der Waals surface area contributed by atoms with Crippen molar-refractivity contribution in [1.29, 1.82) is 0 Å². The maximum absolute atomic E-state index is 12.7. The topological polar surface area (TPSA) is 45.2 Å². The Kier molecular flexibility index (Phi) is 4.96. The zero-order chi connectivity index (χ0) is 15.4. The normalized spacial score (nSPS) is 23.1. The molecule has 3 rings (SSSR count). The van der Waals surface area contributed by atoms with E-state index in [0.717, 1.165) is 37.4 Å². The largest absolute Gasteiger partial charge is 0.330 e. The minimum Gasteiger partial charge on any atom is -0.330 e. The summed E-state index contributed by atoms with van der Waals surface area (Å²) < 4.78 is 0. The highest BCUT2D eigenvalue weighted by Crippen LogP contribution is 2.37. The van der Waals surface area contributed by atoms with E-state index in [1.54, 1.807) is 6.20 Å². The van der Waals surface area contributed by atoms with Gasteiger partial charge in [0.05, 0.1) is 11.7 Å². The van der Waals surface area contributed by atoms with Gasteiger partial charge in [0, 0.05) is 18.8 Å². The summed E-state index contributed by atoms with van der Waals surface area (Å²) in [7, 11) is 0. The summed E-state index contributed by atoms with van der Waals surface area (Å²) in [5.41, 5.74) is 0.970. The maximum Gasteiger partial charge on any atom is 0.318 e. The van der Waals surface area contributed by atoms with Crippen molar-refractivity contribution in [2.24, 2.45) is 5.92 Å². The van der Waals surface area contributed by atoms with E-state index in [4.69, 9.17) is 0 Å². The van der Waals surface area contributed by atoms with Gasteiger partial charge in [-0.2, -0.15) is 0 Å². The second-order valence-corrected chi connectivity index (χ2v) is 6.64. The molecular formula is C18H27N3O. The number of hydrogen-bond acceptors (Lipinski definition) is 2. The number of pyridine rings is 1. The minimum atomic E-state index is 0.0290. The average molecular weight is 301 g/mol. The number of nitrogens with one attached hydrogen (secondary N) is 1. The van der Waals surface area contributed by atoms with Crippen molar-refractivity contribution in [3.63, 3.8) is 0 Å². The zero-order valence-corrected chi connectivity index (χ0v) is 13.5. The fourth-order valence-corrected chi connectivity index (χ4v) is 3.76. The molecule has 4 heteroatoms. The maximum atomic E-state index is 12.7. The number of rotatable bonds is 5. The van der Waals surface area contributed by atoms with Gasteiger partial charge in [-0.1, -0.05) is 25.8 Å². The van der Waals surface area contributed by atoms with Gasteiger partial charge in [-0.3, -0.25) is 4.98 Å². The first-order valence-electron chi connectivity index (χ1n) is 8.77. The summed E-state index contributed by atoms with van der Waals surface area (Å²) in [6, 6.07) is 6.53. The van der Waals surface area contributed by atoms with E-state index in [0.29, 0.717) is 6.04 Å². The molecule has 1 aliphatic heterocycles. The fourth-order valence-electron chi connectivity index (χ4n) is 3.76. The van der Waals surface area contributed by atoms with E-state index in [9.17, 15) is 4.79 Å². The summed E-state index contributed by atoms with van der Waals surface area (Å²) in [5, 5.41) is 3.23. The Morgan fingerprint density at radius 3 is 2.86 bits per heavy atom. The molecule has 1 saturated heterocycles. The molecule has 1 aromatic heterocycles. The van der Waals surface area contributed by atoms with Crippen molar-refractivity contribution < 1.29 is 4.79 Å². The van der Waals surface area contributed by atoms with Crippen LogP contribution in [-0.4, -0.2) is 28.5 Å². The molecule has 0 bridgehead atoms. The third kappa shape index (κ3) is 3.26. The Balaban J connectivity index is 1.65. The van der Waals surface area contributed by atoms with E-state index in [2.05, 4.69) is 22.1 Å². The standard InChI is InChI=1S/C18H27N3O/c1-2-7-16(15-10-3-4-12-19-15)20-18(22)21-13-6-11-17(21)14-8-5-9-14/h3-4,10,12,14,16-17H,2,5-9,11,13H2,1H3,(H,20,22)/t16-,17+/m0/s1. The Bertz CT molecular complexity index is 486. The molecule has 22 heavy (non-hydrogen) atoms. The van der Waals surface area contributed by atoms with Gasteiger partial charge in [-0.25, -0.2) is 4.79 Å². The molecule has 0 aromatic carbocycles. The molecular weight excluding hydrogens is 274 g/mol.